The van der Waals surface area contributed by atoms with E-state index in [4.69, 9.17) is 34.0 Å². The van der Waals surface area contributed by atoms with Crippen LogP contribution in [0.1, 0.15) is 36.2 Å². The Hall–Kier alpha value is -3.55. The highest BCUT2D eigenvalue weighted by Crippen LogP contribution is 2.48. The van der Waals surface area contributed by atoms with E-state index in [0.717, 1.165) is 24.0 Å². The number of nitrogens with zero attached hydrogens (tertiary/aromatic N) is 3. The maximum atomic E-state index is 9.00. The van der Waals surface area contributed by atoms with Gasteiger partial charge in [0, 0.05) is 4.91 Å². The van der Waals surface area contributed by atoms with Crippen molar-refractivity contribution < 1.29 is 28.4 Å². The Morgan fingerprint density at radius 3 is 1.94 bits per heavy atom. The first-order valence-electron chi connectivity index (χ1n) is 10.1. The summed E-state index contributed by atoms with van der Waals surface area (Å²) in [6, 6.07) is 7.40. The molecular weight excluding hydrogens is 414 g/mol. The third-order valence-electron chi connectivity index (χ3n) is 5.23. The Labute approximate surface area is 187 Å². The molecule has 3 rings (SSSR count). The molecule has 1 saturated heterocycles. The lowest BCUT2D eigenvalue weighted by Gasteiger charge is -2.19. The van der Waals surface area contributed by atoms with Crippen LogP contribution in [0.25, 0.3) is 10.4 Å². The minimum atomic E-state index is -0.214. The maximum Gasteiger partial charge on any atom is 0.203 e. The Morgan fingerprint density at radius 1 is 0.938 bits per heavy atom. The monoisotopic (exact) mass is 441 g/mol. The molecule has 1 aliphatic rings. The van der Waals surface area contributed by atoms with Gasteiger partial charge in [0.15, 0.2) is 23.0 Å². The van der Waals surface area contributed by atoms with Gasteiger partial charge in [0.25, 0.3) is 0 Å². The number of hydrogen-bond acceptors (Lipinski definition) is 7. The van der Waals surface area contributed by atoms with E-state index < -0.39 is 0 Å². The molecule has 0 N–H and O–H groups in total. The van der Waals surface area contributed by atoms with Crippen molar-refractivity contribution in [2.75, 3.05) is 35.0 Å². The molecule has 32 heavy (non-hydrogen) atoms. The van der Waals surface area contributed by atoms with Crippen LogP contribution in [0.4, 0.5) is 5.69 Å². The number of hydrogen-bond donors (Lipinski definition) is 0. The normalized spacial score (nSPS) is 17.2. The fourth-order valence-corrected chi connectivity index (χ4v) is 3.77. The Kier molecular flexibility index (Phi) is 7.70. The number of rotatable bonds is 10. The van der Waals surface area contributed by atoms with Gasteiger partial charge in [0.05, 0.1) is 46.3 Å². The molecule has 0 radical (unpaired) electrons. The largest absolute Gasteiger partial charge is 0.493 e. The van der Waals surface area contributed by atoms with Gasteiger partial charge in [-0.25, -0.2) is 0 Å². The summed E-state index contributed by atoms with van der Waals surface area (Å²) in [5.41, 5.74) is 11.1. The van der Waals surface area contributed by atoms with Gasteiger partial charge in [-0.15, -0.1) is 0 Å². The minimum absolute atomic E-state index is 0.167. The van der Waals surface area contributed by atoms with Gasteiger partial charge in [-0.1, -0.05) is 17.8 Å². The molecule has 1 aliphatic heterocycles. The summed E-state index contributed by atoms with van der Waals surface area (Å²) in [5.74, 6) is 2.52. The van der Waals surface area contributed by atoms with E-state index in [0.29, 0.717) is 34.4 Å². The van der Waals surface area contributed by atoms with Crippen molar-refractivity contribution in [3.63, 3.8) is 0 Å². The molecule has 2 aromatic carbocycles. The lowest BCUT2D eigenvalue weighted by atomic mass is 10.0. The smallest absolute Gasteiger partial charge is 0.203 e. The zero-order chi connectivity index (χ0) is 23.1. The van der Waals surface area contributed by atoms with Crippen molar-refractivity contribution in [2.24, 2.45) is 5.11 Å². The SMILES string of the molecule is C=CCOc1c(N=[N+]=[N-])cc([C@@H]2CC[C@@H](c3cc(OC)c(OC)c(OC)c3)O2)cc1OC. The van der Waals surface area contributed by atoms with Crippen molar-refractivity contribution >= 4 is 5.69 Å². The highest BCUT2D eigenvalue weighted by Gasteiger charge is 2.30. The van der Waals surface area contributed by atoms with Crippen LogP contribution < -0.4 is 23.7 Å². The predicted molar refractivity (Wildman–Crippen MR) is 119 cm³/mol. The van der Waals surface area contributed by atoms with Gasteiger partial charge >= 0.3 is 0 Å². The molecule has 1 fully saturated rings. The van der Waals surface area contributed by atoms with Crippen LogP contribution in [0.15, 0.2) is 42.0 Å². The van der Waals surface area contributed by atoms with E-state index in [2.05, 4.69) is 16.6 Å². The maximum absolute atomic E-state index is 9.00. The van der Waals surface area contributed by atoms with Crippen LogP contribution >= 0.6 is 0 Å². The molecule has 2 aromatic rings. The second-order valence-electron chi connectivity index (χ2n) is 7.01. The number of ether oxygens (including phenoxy) is 6. The van der Waals surface area contributed by atoms with E-state index in [1.807, 2.05) is 18.2 Å². The van der Waals surface area contributed by atoms with Crippen LogP contribution in [0, 0.1) is 0 Å². The summed E-state index contributed by atoms with van der Waals surface area (Å²) in [5, 5.41) is 3.78. The number of benzene rings is 2. The predicted octanol–water partition coefficient (Wildman–Crippen LogP) is 5.82. The third-order valence-corrected chi connectivity index (χ3v) is 5.23. The highest BCUT2D eigenvalue weighted by molar-refractivity contribution is 5.62. The lowest BCUT2D eigenvalue weighted by Crippen LogP contribution is -2.03. The average Bonchev–Trinajstić information content (AvgIpc) is 3.32. The minimum Gasteiger partial charge on any atom is -0.493 e. The van der Waals surface area contributed by atoms with Gasteiger partial charge in [-0.2, -0.15) is 0 Å². The molecule has 9 heteroatoms. The van der Waals surface area contributed by atoms with Crippen LogP contribution in [0.2, 0.25) is 0 Å². The first kappa shape index (κ1) is 23.1. The standard InChI is InChI=1S/C23H27N3O6/c1-6-9-31-22-16(25-26-24)10-14(11-19(22)27-2)17-7-8-18(32-17)15-12-20(28-3)23(30-5)21(13-15)29-4/h6,10-13,17-18H,1,7-9H2,2-5H3/t17-,18-/m0/s1. The van der Waals surface area contributed by atoms with Crippen molar-refractivity contribution in [1.82, 2.24) is 0 Å². The summed E-state index contributed by atoms with van der Waals surface area (Å²) >= 11 is 0. The van der Waals surface area contributed by atoms with Gasteiger partial charge in [-0.3, -0.25) is 0 Å². The van der Waals surface area contributed by atoms with Crippen molar-refractivity contribution in [1.29, 1.82) is 0 Å². The summed E-state index contributed by atoms with van der Waals surface area (Å²) in [7, 11) is 6.27. The van der Waals surface area contributed by atoms with Gasteiger partial charge in [0.2, 0.25) is 5.75 Å². The molecule has 0 aromatic heterocycles. The van der Waals surface area contributed by atoms with Gasteiger partial charge in [-0.05, 0) is 53.8 Å². The molecule has 0 saturated carbocycles. The fraction of sp³-hybridized carbons (Fsp3) is 0.391. The van der Waals surface area contributed by atoms with E-state index in [9.17, 15) is 0 Å². The summed E-state index contributed by atoms with van der Waals surface area (Å²) < 4.78 is 33.8. The van der Waals surface area contributed by atoms with Crippen molar-refractivity contribution in [3.8, 4) is 28.7 Å². The van der Waals surface area contributed by atoms with Gasteiger partial charge < -0.3 is 28.4 Å². The van der Waals surface area contributed by atoms with Gasteiger partial charge in [0.1, 0.15) is 6.61 Å². The molecule has 0 aliphatic carbocycles. The summed E-state index contributed by atoms with van der Waals surface area (Å²) in [4.78, 5) is 2.92. The van der Waals surface area contributed by atoms with Crippen molar-refractivity contribution in [3.05, 3.63) is 58.5 Å². The average molecular weight is 441 g/mol. The topological polar surface area (TPSA) is 104 Å². The molecule has 0 bridgehead atoms. The molecule has 1 heterocycles. The molecule has 9 nitrogen and oxygen atoms in total. The highest BCUT2D eigenvalue weighted by atomic mass is 16.5. The summed E-state index contributed by atoms with van der Waals surface area (Å²) in [6.45, 7) is 3.90. The molecule has 2 atom stereocenters. The first-order chi connectivity index (χ1) is 15.6. The Balaban J connectivity index is 1.92. The number of azide groups is 1. The first-order valence-corrected chi connectivity index (χ1v) is 10.1. The fourth-order valence-electron chi connectivity index (χ4n) is 3.77. The zero-order valence-corrected chi connectivity index (χ0v) is 18.7. The Bertz CT molecular complexity index is 994. The van der Waals surface area contributed by atoms with Crippen LogP contribution in [-0.4, -0.2) is 35.0 Å². The Morgan fingerprint density at radius 2 is 1.47 bits per heavy atom. The molecule has 0 amide bonds. The van der Waals surface area contributed by atoms with Crippen LogP contribution in [0.3, 0.4) is 0 Å². The quantitative estimate of drug-likeness (QED) is 0.199. The lowest BCUT2D eigenvalue weighted by molar-refractivity contribution is 0.0437. The number of methoxy groups -OCH3 is 4. The van der Waals surface area contributed by atoms with E-state index in [1.165, 1.54) is 7.11 Å². The second-order valence-corrected chi connectivity index (χ2v) is 7.01. The van der Waals surface area contributed by atoms with E-state index in [1.54, 1.807) is 33.5 Å². The molecule has 0 spiro atoms. The molecule has 0 unspecified atom stereocenters. The molecule has 170 valence electrons. The zero-order valence-electron chi connectivity index (χ0n) is 18.7. The second kappa shape index (κ2) is 10.7. The van der Waals surface area contributed by atoms with Crippen LogP contribution in [-0.2, 0) is 4.74 Å². The molecular formula is C23H27N3O6. The summed E-state index contributed by atoms with van der Waals surface area (Å²) in [6.07, 6.45) is 2.79. The van der Waals surface area contributed by atoms with E-state index >= 15 is 0 Å². The van der Waals surface area contributed by atoms with E-state index in [-0.39, 0.29) is 18.8 Å². The van der Waals surface area contributed by atoms with Crippen molar-refractivity contribution in [2.45, 2.75) is 25.0 Å². The third kappa shape index (κ3) is 4.69. The van der Waals surface area contributed by atoms with Crippen LogP contribution in [0.5, 0.6) is 28.7 Å².